The number of nitrogens with zero attached hydrogens (tertiary/aromatic N) is 2. The van der Waals surface area contributed by atoms with Crippen LogP contribution in [-0.4, -0.2) is 40.4 Å². The highest BCUT2D eigenvalue weighted by atomic mass is 16.2. The minimum absolute atomic E-state index is 0.0669. The van der Waals surface area contributed by atoms with Crippen molar-refractivity contribution in [3.05, 3.63) is 0 Å². The van der Waals surface area contributed by atoms with Gasteiger partial charge < -0.3 is 4.90 Å². The minimum Gasteiger partial charge on any atom is -0.310 e. The largest absolute Gasteiger partial charge is 0.327 e. The second-order valence-corrected chi connectivity index (χ2v) is 4.45. The maximum Gasteiger partial charge on any atom is 0.327 e. The first kappa shape index (κ1) is 12.0. The number of carbonyl (C=O) groups is 2. The predicted octanol–water partition coefficient (Wildman–Crippen LogP) is 1.85. The minimum atomic E-state index is -0.664. The van der Waals surface area contributed by atoms with E-state index in [2.05, 4.69) is 0 Å². The third-order valence-electron chi connectivity index (χ3n) is 2.80. The molecular weight excluding hydrogens is 192 g/mol. The number of hydrogen-bond donors (Lipinski definition) is 0. The topological polar surface area (TPSA) is 40.6 Å². The van der Waals surface area contributed by atoms with Crippen molar-refractivity contribution in [2.45, 2.75) is 46.1 Å². The highest BCUT2D eigenvalue weighted by Gasteiger charge is 2.50. The van der Waals surface area contributed by atoms with E-state index in [4.69, 9.17) is 0 Å². The molecule has 0 N–H and O–H groups in total. The van der Waals surface area contributed by atoms with Gasteiger partial charge in [0.05, 0.1) is 0 Å². The summed E-state index contributed by atoms with van der Waals surface area (Å²) < 4.78 is 0. The number of amides is 3. The van der Waals surface area contributed by atoms with Gasteiger partial charge in [-0.15, -0.1) is 0 Å². The molecule has 0 unspecified atom stereocenters. The van der Waals surface area contributed by atoms with E-state index >= 15 is 0 Å². The third-order valence-corrected chi connectivity index (χ3v) is 2.80. The van der Waals surface area contributed by atoms with Crippen molar-refractivity contribution < 1.29 is 9.59 Å². The van der Waals surface area contributed by atoms with Gasteiger partial charge in [0.1, 0.15) is 5.54 Å². The third kappa shape index (κ3) is 1.85. The lowest BCUT2D eigenvalue weighted by atomic mass is 10.0. The molecule has 1 heterocycles. The summed E-state index contributed by atoms with van der Waals surface area (Å²) in [7, 11) is 0. The molecule has 0 aromatic heterocycles. The van der Waals surface area contributed by atoms with Crippen molar-refractivity contribution in [3.63, 3.8) is 0 Å². The molecule has 0 radical (unpaired) electrons. The fraction of sp³-hybridized carbons (Fsp3) is 0.818. The molecule has 1 fully saturated rings. The van der Waals surface area contributed by atoms with Crippen molar-refractivity contribution in [3.8, 4) is 0 Å². The smallest absolute Gasteiger partial charge is 0.310 e. The molecule has 0 bridgehead atoms. The molecule has 15 heavy (non-hydrogen) atoms. The molecule has 1 aliphatic heterocycles. The first-order valence-corrected chi connectivity index (χ1v) is 5.60. The Labute approximate surface area is 91.2 Å². The van der Waals surface area contributed by atoms with E-state index in [9.17, 15) is 9.59 Å². The van der Waals surface area contributed by atoms with E-state index in [1.807, 2.05) is 27.7 Å². The van der Waals surface area contributed by atoms with Gasteiger partial charge in [0.25, 0.3) is 5.91 Å². The lowest BCUT2D eigenvalue weighted by Gasteiger charge is -2.27. The predicted molar refractivity (Wildman–Crippen MR) is 58.5 cm³/mol. The average Bonchev–Trinajstić information content (AvgIpc) is 2.33. The molecule has 0 atom stereocenters. The number of urea groups is 1. The van der Waals surface area contributed by atoms with Crippen LogP contribution in [0.1, 0.15) is 40.5 Å². The van der Waals surface area contributed by atoms with Crippen LogP contribution in [0.4, 0.5) is 4.79 Å². The lowest BCUT2D eigenvalue weighted by Crippen LogP contribution is -2.44. The van der Waals surface area contributed by atoms with Crippen LogP contribution in [0.3, 0.4) is 0 Å². The van der Waals surface area contributed by atoms with Crippen LogP contribution >= 0.6 is 0 Å². The zero-order valence-electron chi connectivity index (χ0n) is 10.0. The van der Waals surface area contributed by atoms with Gasteiger partial charge in [-0.05, 0) is 26.7 Å². The Kier molecular flexibility index (Phi) is 3.37. The zero-order valence-corrected chi connectivity index (χ0v) is 10.0. The molecule has 1 rings (SSSR count). The molecular formula is C11H20N2O2. The van der Waals surface area contributed by atoms with Gasteiger partial charge in [-0.1, -0.05) is 13.8 Å². The molecule has 3 amide bonds. The van der Waals surface area contributed by atoms with Gasteiger partial charge in [0.2, 0.25) is 0 Å². The van der Waals surface area contributed by atoms with Crippen molar-refractivity contribution in [1.82, 2.24) is 9.80 Å². The molecule has 4 heteroatoms. The highest BCUT2D eigenvalue weighted by molar-refractivity contribution is 6.06. The fourth-order valence-corrected chi connectivity index (χ4v) is 1.94. The van der Waals surface area contributed by atoms with Gasteiger partial charge in [-0.3, -0.25) is 9.69 Å². The Hall–Kier alpha value is -1.06. The van der Waals surface area contributed by atoms with Gasteiger partial charge in [0, 0.05) is 13.1 Å². The summed E-state index contributed by atoms with van der Waals surface area (Å²) in [6.45, 7) is 8.79. The summed E-state index contributed by atoms with van der Waals surface area (Å²) >= 11 is 0. The Morgan fingerprint density at radius 3 is 2.07 bits per heavy atom. The zero-order chi connectivity index (χ0) is 11.6. The van der Waals surface area contributed by atoms with Crippen molar-refractivity contribution in [1.29, 1.82) is 0 Å². The molecule has 0 aliphatic carbocycles. The van der Waals surface area contributed by atoms with Crippen molar-refractivity contribution >= 4 is 11.9 Å². The number of imide groups is 1. The van der Waals surface area contributed by atoms with E-state index < -0.39 is 5.54 Å². The Balaban J connectivity index is 2.92. The molecule has 0 aromatic carbocycles. The first-order valence-electron chi connectivity index (χ1n) is 5.60. The highest BCUT2D eigenvalue weighted by Crippen LogP contribution is 2.27. The summed E-state index contributed by atoms with van der Waals surface area (Å²) in [6, 6.07) is -0.131. The molecule has 0 spiro atoms. The summed E-state index contributed by atoms with van der Waals surface area (Å²) in [5.41, 5.74) is -0.664. The summed E-state index contributed by atoms with van der Waals surface area (Å²) in [4.78, 5) is 27.0. The SMILES string of the molecule is CCCN1C(=O)N(CCC)C(C)(C)C1=O. The summed E-state index contributed by atoms with van der Waals surface area (Å²) in [6.07, 6.45) is 1.69. The van der Waals surface area contributed by atoms with Gasteiger partial charge in [-0.2, -0.15) is 0 Å². The van der Waals surface area contributed by atoms with Gasteiger partial charge in [0.15, 0.2) is 0 Å². The van der Waals surface area contributed by atoms with Crippen LogP contribution in [0, 0.1) is 0 Å². The molecule has 4 nitrogen and oxygen atoms in total. The van der Waals surface area contributed by atoms with Crippen LogP contribution in [0.25, 0.3) is 0 Å². The maximum absolute atomic E-state index is 12.0. The molecule has 0 aromatic rings. The van der Waals surface area contributed by atoms with E-state index in [-0.39, 0.29) is 11.9 Å². The van der Waals surface area contributed by atoms with Crippen LogP contribution in [0.5, 0.6) is 0 Å². The average molecular weight is 212 g/mol. The standard InChI is InChI=1S/C11H20N2O2/c1-5-7-12-9(14)11(3,4)13(8-6-2)10(12)15/h5-8H2,1-4H3. The second-order valence-electron chi connectivity index (χ2n) is 4.45. The van der Waals surface area contributed by atoms with Gasteiger partial charge >= 0.3 is 6.03 Å². The number of hydrogen-bond acceptors (Lipinski definition) is 2. The van der Waals surface area contributed by atoms with E-state index in [1.54, 1.807) is 4.90 Å². The second kappa shape index (κ2) is 4.21. The summed E-state index contributed by atoms with van der Waals surface area (Å²) in [5.74, 6) is -0.0669. The molecule has 86 valence electrons. The normalized spacial score (nSPS) is 20.3. The van der Waals surface area contributed by atoms with Crippen molar-refractivity contribution in [2.24, 2.45) is 0 Å². The van der Waals surface area contributed by atoms with E-state index in [0.29, 0.717) is 13.1 Å². The monoisotopic (exact) mass is 212 g/mol. The van der Waals surface area contributed by atoms with Crippen LogP contribution < -0.4 is 0 Å². The van der Waals surface area contributed by atoms with Crippen molar-refractivity contribution in [2.75, 3.05) is 13.1 Å². The number of carbonyl (C=O) groups excluding carboxylic acids is 2. The quantitative estimate of drug-likeness (QED) is 0.667. The Bertz CT molecular complexity index is 274. The lowest BCUT2D eigenvalue weighted by molar-refractivity contribution is -0.131. The van der Waals surface area contributed by atoms with E-state index in [0.717, 1.165) is 12.8 Å². The van der Waals surface area contributed by atoms with E-state index in [1.165, 1.54) is 4.90 Å². The van der Waals surface area contributed by atoms with Crippen LogP contribution in [-0.2, 0) is 4.79 Å². The van der Waals surface area contributed by atoms with Crippen LogP contribution in [0.2, 0.25) is 0 Å². The fourth-order valence-electron chi connectivity index (χ4n) is 1.94. The number of rotatable bonds is 4. The Morgan fingerprint density at radius 1 is 1.07 bits per heavy atom. The maximum atomic E-state index is 12.0. The van der Waals surface area contributed by atoms with Crippen LogP contribution in [0.15, 0.2) is 0 Å². The van der Waals surface area contributed by atoms with Gasteiger partial charge in [-0.25, -0.2) is 4.79 Å². The summed E-state index contributed by atoms with van der Waals surface area (Å²) in [5, 5.41) is 0. The molecule has 1 saturated heterocycles. The molecule has 0 saturated carbocycles. The Morgan fingerprint density at radius 2 is 1.60 bits per heavy atom. The first-order chi connectivity index (χ1) is 6.96. The molecule has 1 aliphatic rings.